The summed E-state index contributed by atoms with van der Waals surface area (Å²) < 4.78 is 15.9. The van der Waals surface area contributed by atoms with E-state index < -0.39 is 53.1 Å². The van der Waals surface area contributed by atoms with Gasteiger partial charge in [0.05, 0.1) is 11.0 Å². The monoisotopic (exact) mass is 479 g/mol. The molecule has 1 aromatic carbocycles. The van der Waals surface area contributed by atoms with Gasteiger partial charge < -0.3 is 24.4 Å². The number of amides is 1. The number of hydrogen-bond donors (Lipinski definition) is 1. The average Bonchev–Trinajstić information content (AvgIpc) is 2.72. The Bertz CT molecular complexity index is 976. The second-order valence-electron chi connectivity index (χ2n) is 7.47. The van der Waals surface area contributed by atoms with E-state index in [4.69, 9.17) is 19.0 Å². The maximum absolute atomic E-state index is 11.8. The highest BCUT2D eigenvalue weighted by Crippen LogP contribution is 2.27. The molecule has 1 aromatic rings. The lowest BCUT2D eigenvalue weighted by atomic mass is 9.85. The van der Waals surface area contributed by atoms with E-state index in [1.165, 1.54) is 31.2 Å². The van der Waals surface area contributed by atoms with Crippen LogP contribution in [0.15, 0.2) is 29.4 Å². The van der Waals surface area contributed by atoms with Crippen LogP contribution in [0, 0.1) is 10.1 Å². The van der Waals surface area contributed by atoms with Crippen LogP contribution in [0.1, 0.15) is 39.7 Å². The fraction of sp³-hybridized carbons (Fsp3) is 0.476. The molecule has 1 fully saturated rings. The Morgan fingerprint density at radius 1 is 0.971 bits per heavy atom. The van der Waals surface area contributed by atoms with E-state index in [0.717, 1.165) is 20.8 Å². The molecule has 0 aliphatic heterocycles. The smallest absolute Gasteiger partial charge is 0.303 e. The van der Waals surface area contributed by atoms with Gasteiger partial charge in [-0.1, -0.05) is 5.16 Å². The minimum Gasteiger partial charge on any atom is -0.456 e. The van der Waals surface area contributed by atoms with Crippen molar-refractivity contribution >= 4 is 35.2 Å². The number of esters is 3. The third-order valence-corrected chi connectivity index (χ3v) is 4.62. The number of ether oxygens (including phenoxy) is 3. The van der Waals surface area contributed by atoms with Gasteiger partial charge in [0, 0.05) is 46.2 Å². The fourth-order valence-corrected chi connectivity index (χ4v) is 3.41. The first-order chi connectivity index (χ1) is 16.0. The van der Waals surface area contributed by atoms with Crippen molar-refractivity contribution in [3.63, 3.8) is 0 Å². The van der Waals surface area contributed by atoms with Crippen LogP contribution in [-0.4, -0.2) is 58.8 Å². The SMILES string of the molecule is CC(=O)N[C@H]1C/C(=N\OCc2ccc([N+](=O)[O-])cc2)[C@H](OC(C)=O)[C@@H](OC(C)=O)[C@@H]1OC(C)=O. The number of rotatable bonds is 8. The van der Waals surface area contributed by atoms with E-state index in [1.54, 1.807) is 0 Å². The molecule has 0 heterocycles. The Labute approximate surface area is 194 Å². The zero-order valence-corrected chi connectivity index (χ0v) is 19.0. The molecule has 4 atom stereocenters. The number of carbonyl (C=O) groups excluding carboxylic acids is 4. The predicted octanol–water partition coefficient (Wildman–Crippen LogP) is 1.17. The number of non-ortho nitro benzene ring substituents is 1. The standard InChI is InChI=1S/C21H25N3O10/c1-11(25)22-17-9-18(23-31-10-15-5-7-16(8-6-15)24(29)30)20(33-13(3)27)21(34-14(4)28)19(17)32-12(2)26/h5-8,17,19-21H,9-10H2,1-4H3,(H,22,25)/b23-18+/t17-,19+,20-,21-/m0/s1. The highest BCUT2D eigenvalue weighted by molar-refractivity contribution is 5.93. The molecular weight excluding hydrogens is 454 g/mol. The summed E-state index contributed by atoms with van der Waals surface area (Å²) in [7, 11) is 0. The quantitative estimate of drug-likeness (QED) is 0.247. The first-order valence-electron chi connectivity index (χ1n) is 10.2. The Kier molecular flexibility index (Phi) is 9.04. The number of carbonyl (C=O) groups is 4. The maximum atomic E-state index is 11.8. The molecule has 0 spiro atoms. The molecule has 0 bridgehead atoms. The van der Waals surface area contributed by atoms with E-state index in [2.05, 4.69) is 10.5 Å². The van der Waals surface area contributed by atoms with Gasteiger partial charge in [0.25, 0.3) is 5.69 Å². The van der Waals surface area contributed by atoms with Gasteiger partial charge in [0.1, 0.15) is 12.3 Å². The minimum absolute atomic E-state index is 0.0481. The Balaban J connectivity index is 2.35. The van der Waals surface area contributed by atoms with Crippen LogP contribution >= 0.6 is 0 Å². The molecule has 1 saturated carbocycles. The molecule has 34 heavy (non-hydrogen) atoms. The minimum atomic E-state index is -1.31. The third kappa shape index (κ3) is 7.53. The molecule has 0 aromatic heterocycles. The number of hydrogen-bond acceptors (Lipinski definition) is 11. The molecule has 184 valence electrons. The second kappa shape index (κ2) is 11.7. The summed E-state index contributed by atoms with van der Waals surface area (Å²) >= 11 is 0. The highest BCUT2D eigenvalue weighted by atomic mass is 16.6. The molecule has 2 rings (SSSR count). The van der Waals surface area contributed by atoms with Gasteiger partial charge in [-0.15, -0.1) is 0 Å². The van der Waals surface area contributed by atoms with Crippen molar-refractivity contribution in [3.8, 4) is 0 Å². The molecular formula is C21H25N3O10. The van der Waals surface area contributed by atoms with Crippen molar-refractivity contribution in [3.05, 3.63) is 39.9 Å². The highest BCUT2D eigenvalue weighted by Gasteiger charge is 2.50. The first kappa shape index (κ1) is 26.2. The maximum Gasteiger partial charge on any atom is 0.303 e. The van der Waals surface area contributed by atoms with Crippen LogP contribution in [-0.2, 0) is 44.8 Å². The summed E-state index contributed by atoms with van der Waals surface area (Å²) in [5.74, 6) is -2.60. The molecule has 1 amide bonds. The Morgan fingerprint density at radius 2 is 1.53 bits per heavy atom. The summed E-state index contributed by atoms with van der Waals surface area (Å²) in [5, 5.41) is 17.4. The van der Waals surface area contributed by atoms with Crippen LogP contribution in [0.2, 0.25) is 0 Å². The van der Waals surface area contributed by atoms with Gasteiger partial charge in [-0.05, 0) is 17.7 Å². The lowest BCUT2D eigenvalue weighted by molar-refractivity contribution is -0.384. The summed E-state index contributed by atoms with van der Waals surface area (Å²) in [6, 6.07) is 4.73. The van der Waals surface area contributed by atoms with E-state index in [9.17, 15) is 29.3 Å². The summed E-state index contributed by atoms with van der Waals surface area (Å²) in [4.78, 5) is 62.6. The van der Waals surface area contributed by atoms with E-state index in [0.29, 0.717) is 5.56 Å². The molecule has 0 saturated heterocycles. The number of benzene rings is 1. The number of nitrogens with zero attached hydrogens (tertiary/aromatic N) is 2. The van der Waals surface area contributed by atoms with Crippen molar-refractivity contribution in [1.82, 2.24) is 5.32 Å². The second-order valence-corrected chi connectivity index (χ2v) is 7.47. The van der Waals surface area contributed by atoms with Gasteiger partial charge in [-0.25, -0.2) is 0 Å². The number of nitrogens with one attached hydrogen (secondary N) is 1. The van der Waals surface area contributed by atoms with Crippen LogP contribution in [0.4, 0.5) is 5.69 Å². The number of nitro groups is 1. The molecule has 0 radical (unpaired) electrons. The normalized spacial score (nSPS) is 22.9. The Morgan fingerprint density at radius 3 is 2.03 bits per heavy atom. The van der Waals surface area contributed by atoms with Crippen molar-refractivity contribution in [2.24, 2.45) is 5.16 Å². The van der Waals surface area contributed by atoms with Crippen molar-refractivity contribution in [2.45, 2.75) is 65.1 Å². The lowest BCUT2D eigenvalue weighted by Crippen LogP contribution is -2.62. The summed E-state index contributed by atoms with van der Waals surface area (Å²) in [6.07, 6.45) is -3.78. The number of oxime groups is 1. The summed E-state index contributed by atoms with van der Waals surface area (Å²) in [5.41, 5.74) is 0.601. The molecule has 13 heteroatoms. The fourth-order valence-electron chi connectivity index (χ4n) is 3.41. The third-order valence-electron chi connectivity index (χ3n) is 4.62. The van der Waals surface area contributed by atoms with Crippen LogP contribution in [0.5, 0.6) is 0 Å². The number of nitro benzene ring substituents is 1. The van der Waals surface area contributed by atoms with E-state index >= 15 is 0 Å². The molecule has 1 aliphatic rings. The van der Waals surface area contributed by atoms with E-state index in [-0.39, 0.29) is 24.4 Å². The predicted molar refractivity (Wildman–Crippen MR) is 114 cm³/mol. The zero-order chi connectivity index (χ0) is 25.4. The van der Waals surface area contributed by atoms with Crippen molar-refractivity contribution < 1.29 is 43.1 Å². The van der Waals surface area contributed by atoms with Gasteiger partial charge in [0.2, 0.25) is 5.91 Å². The van der Waals surface area contributed by atoms with Crippen LogP contribution < -0.4 is 5.32 Å². The summed E-state index contributed by atoms with van der Waals surface area (Å²) in [6.45, 7) is 4.59. The Hall–Kier alpha value is -4.03. The molecule has 0 unspecified atom stereocenters. The van der Waals surface area contributed by atoms with Crippen molar-refractivity contribution in [1.29, 1.82) is 0 Å². The van der Waals surface area contributed by atoms with Crippen LogP contribution in [0.25, 0.3) is 0 Å². The zero-order valence-electron chi connectivity index (χ0n) is 19.0. The largest absolute Gasteiger partial charge is 0.456 e. The van der Waals surface area contributed by atoms with Gasteiger partial charge in [-0.3, -0.25) is 29.3 Å². The molecule has 1 aliphatic carbocycles. The average molecular weight is 479 g/mol. The molecule has 13 nitrogen and oxygen atoms in total. The van der Waals surface area contributed by atoms with E-state index in [1.807, 2.05) is 0 Å². The topological polar surface area (TPSA) is 173 Å². The van der Waals surface area contributed by atoms with Gasteiger partial charge in [0.15, 0.2) is 18.3 Å². The van der Waals surface area contributed by atoms with Crippen LogP contribution in [0.3, 0.4) is 0 Å². The van der Waals surface area contributed by atoms with Gasteiger partial charge >= 0.3 is 17.9 Å². The molecule has 1 N–H and O–H groups in total. The lowest BCUT2D eigenvalue weighted by Gasteiger charge is -2.41. The first-order valence-corrected chi connectivity index (χ1v) is 10.2. The van der Waals surface area contributed by atoms with Crippen molar-refractivity contribution in [2.75, 3.05) is 0 Å². The van der Waals surface area contributed by atoms with Gasteiger partial charge in [-0.2, -0.15) is 0 Å².